The maximum atomic E-state index is 13.6. The smallest absolute Gasteiger partial charge is 0.197 e. The highest BCUT2D eigenvalue weighted by Crippen LogP contribution is 2.26. The lowest BCUT2D eigenvalue weighted by atomic mass is 10.2. The summed E-state index contributed by atoms with van der Waals surface area (Å²) in [4.78, 5) is -0.295. The lowest BCUT2D eigenvalue weighted by Crippen LogP contribution is -2.23. The molecule has 1 rings (SSSR count). The van der Waals surface area contributed by atoms with E-state index < -0.39 is 32.4 Å². The highest BCUT2D eigenvalue weighted by molar-refractivity contribution is 7.95. The molecule has 0 amide bonds. The molecule has 0 aliphatic rings. The zero-order chi connectivity index (χ0) is 15.5. The number of halogens is 2. The zero-order valence-corrected chi connectivity index (χ0v) is 11.8. The number of nitrogens with two attached hydrogens (primary N) is 1. The SMILES string of the molecule is C=C(C)/C=C\C(=C)S(=O)(=O)C(N)c1cc(F)ccc1F. The van der Waals surface area contributed by atoms with Gasteiger partial charge in [0.25, 0.3) is 0 Å². The van der Waals surface area contributed by atoms with Crippen LogP contribution >= 0.6 is 0 Å². The molecule has 6 heteroatoms. The van der Waals surface area contributed by atoms with E-state index in [-0.39, 0.29) is 4.91 Å². The second-order valence-electron chi connectivity index (χ2n) is 4.28. The van der Waals surface area contributed by atoms with Gasteiger partial charge in [-0.3, -0.25) is 0 Å². The lowest BCUT2D eigenvalue weighted by Gasteiger charge is -2.14. The summed E-state index contributed by atoms with van der Waals surface area (Å²) in [6.07, 6.45) is 2.66. The third-order valence-electron chi connectivity index (χ3n) is 2.52. The van der Waals surface area contributed by atoms with Crippen molar-refractivity contribution in [3.05, 3.63) is 71.2 Å². The van der Waals surface area contributed by atoms with Crippen molar-refractivity contribution in [2.24, 2.45) is 5.73 Å². The molecule has 108 valence electrons. The van der Waals surface area contributed by atoms with Gasteiger partial charge < -0.3 is 5.73 Å². The number of rotatable bonds is 5. The maximum Gasteiger partial charge on any atom is 0.197 e. The summed E-state index contributed by atoms with van der Waals surface area (Å²) in [5.41, 5.74) is 5.72. The fraction of sp³-hybridized carbons (Fsp3) is 0.143. The Bertz CT molecular complexity index is 678. The minimum atomic E-state index is -4.08. The molecule has 1 atom stereocenters. The molecule has 1 unspecified atom stereocenters. The van der Waals surface area contributed by atoms with Crippen LogP contribution in [-0.2, 0) is 9.84 Å². The molecular weight excluding hydrogens is 284 g/mol. The van der Waals surface area contributed by atoms with Gasteiger partial charge in [0.15, 0.2) is 9.84 Å². The monoisotopic (exact) mass is 299 g/mol. The average Bonchev–Trinajstić information content (AvgIpc) is 2.37. The summed E-state index contributed by atoms with van der Waals surface area (Å²) in [5, 5.41) is -1.72. The fourth-order valence-corrected chi connectivity index (χ4v) is 2.49. The Morgan fingerprint density at radius 2 is 1.90 bits per heavy atom. The van der Waals surface area contributed by atoms with Gasteiger partial charge in [0.05, 0.1) is 4.91 Å². The summed E-state index contributed by atoms with van der Waals surface area (Å²) >= 11 is 0. The van der Waals surface area contributed by atoms with E-state index in [1.807, 2.05) is 0 Å². The predicted octanol–water partition coefficient (Wildman–Crippen LogP) is 2.98. The van der Waals surface area contributed by atoms with Gasteiger partial charge in [0, 0.05) is 5.56 Å². The Labute approximate surface area is 117 Å². The van der Waals surface area contributed by atoms with Gasteiger partial charge in [-0.15, -0.1) is 0 Å². The van der Waals surface area contributed by atoms with Crippen LogP contribution < -0.4 is 5.73 Å². The highest BCUT2D eigenvalue weighted by atomic mass is 32.2. The van der Waals surface area contributed by atoms with Crippen molar-refractivity contribution in [3.63, 3.8) is 0 Å². The first-order valence-electron chi connectivity index (χ1n) is 5.63. The second kappa shape index (κ2) is 6.11. The molecule has 3 nitrogen and oxygen atoms in total. The van der Waals surface area contributed by atoms with Crippen LogP contribution in [0.1, 0.15) is 17.9 Å². The summed E-state index contributed by atoms with van der Waals surface area (Å²) in [6, 6.07) is 2.47. The van der Waals surface area contributed by atoms with Gasteiger partial charge in [-0.25, -0.2) is 17.2 Å². The molecule has 1 aromatic carbocycles. The van der Waals surface area contributed by atoms with Crippen molar-refractivity contribution < 1.29 is 17.2 Å². The van der Waals surface area contributed by atoms with Gasteiger partial charge in [-0.1, -0.05) is 24.8 Å². The molecule has 0 aromatic heterocycles. The molecule has 20 heavy (non-hydrogen) atoms. The average molecular weight is 299 g/mol. The van der Waals surface area contributed by atoms with Gasteiger partial charge in [-0.05, 0) is 31.2 Å². The third kappa shape index (κ3) is 3.61. The Balaban J connectivity index is 3.18. The summed E-state index contributed by atoms with van der Waals surface area (Å²) in [5.74, 6) is -1.66. The van der Waals surface area contributed by atoms with E-state index in [2.05, 4.69) is 13.2 Å². The summed E-state index contributed by atoms with van der Waals surface area (Å²) < 4.78 is 50.9. The van der Waals surface area contributed by atoms with Crippen LogP contribution in [0.15, 0.2) is 54.0 Å². The molecule has 0 spiro atoms. The number of hydrogen-bond donors (Lipinski definition) is 1. The van der Waals surface area contributed by atoms with Crippen molar-refractivity contribution >= 4 is 9.84 Å². The normalized spacial score (nSPS) is 13.4. The minimum Gasteiger partial charge on any atom is -0.311 e. The molecule has 2 N–H and O–H groups in total. The summed E-state index contributed by atoms with van der Waals surface area (Å²) in [7, 11) is -4.08. The fourth-order valence-electron chi connectivity index (χ4n) is 1.39. The van der Waals surface area contributed by atoms with Crippen molar-refractivity contribution in [3.8, 4) is 0 Å². The maximum absolute atomic E-state index is 13.6. The third-order valence-corrected chi connectivity index (χ3v) is 4.31. The van der Waals surface area contributed by atoms with Crippen LogP contribution in [0.25, 0.3) is 0 Å². The Hall–Kier alpha value is -1.79. The first-order chi connectivity index (χ1) is 9.16. The van der Waals surface area contributed by atoms with Crippen LogP contribution in [0.5, 0.6) is 0 Å². The predicted molar refractivity (Wildman–Crippen MR) is 75.3 cm³/mol. The Morgan fingerprint density at radius 3 is 2.45 bits per heavy atom. The van der Waals surface area contributed by atoms with Crippen LogP contribution in [0, 0.1) is 11.6 Å². The van der Waals surface area contributed by atoms with Crippen molar-refractivity contribution in [2.45, 2.75) is 12.3 Å². The van der Waals surface area contributed by atoms with Gasteiger partial charge in [0.2, 0.25) is 0 Å². The molecule has 0 aliphatic carbocycles. The number of hydrogen-bond acceptors (Lipinski definition) is 3. The van der Waals surface area contributed by atoms with E-state index in [1.165, 1.54) is 12.2 Å². The van der Waals surface area contributed by atoms with Crippen molar-refractivity contribution in [1.29, 1.82) is 0 Å². The number of allylic oxidation sites excluding steroid dienone is 3. The largest absolute Gasteiger partial charge is 0.311 e. The molecule has 0 saturated heterocycles. The number of sulfone groups is 1. The topological polar surface area (TPSA) is 60.2 Å². The van der Waals surface area contributed by atoms with Crippen LogP contribution in [0.3, 0.4) is 0 Å². The van der Waals surface area contributed by atoms with Crippen LogP contribution in [0.2, 0.25) is 0 Å². The standard InChI is InChI=1S/C14H15F2NO2S/c1-9(2)4-5-10(3)20(18,19)14(17)12-8-11(15)6-7-13(12)16/h4-8,14H,1,3,17H2,2H3/b5-4-. The highest BCUT2D eigenvalue weighted by Gasteiger charge is 2.28. The summed E-state index contributed by atoms with van der Waals surface area (Å²) in [6.45, 7) is 8.63. The molecule has 1 aromatic rings. The second-order valence-corrected chi connectivity index (χ2v) is 6.40. The molecule has 0 aliphatic heterocycles. The van der Waals surface area contributed by atoms with Crippen LogP contribution in [0.4, 0.5) is 8.78 Å². The quantitative estimate of drug-likeness (QED) is 0.850. The van der Waals surface area contributed by atoms with E-state index in [0.29, 0.717) is 5.57 Å². The lowest BCUT2D eigenvalue weighted by molar-refractivity contribution is 0.566. The van der Waals surface area contributed by atoms with E-state index in [9.17, 15) is 17.2 Å². The molecule has 0 radical (unpaired) electrons. The Kier molecular flexibility index (Phi) is 4.97. The van der Waals surface area contributed by atoms with E-state index in [4.69, 9.17) is 5.73 Å². The van der Waals surface area contributed by atoms with Gasteiger partial charge in [-0.2, -0.15) is 0 Å². The van der Waals surface area contributed by atoms with Crippen molar-refractivity contribution in [1.82, 2.24) is 0 Å². The Morgan fingerprint density at radius 1 is 1.30 bits per heavy atom. The van der Waals surface area contributed by atoms with Crippen LogP contribution in [-0.4, -0.2) is 8.42 Å². The molecular formula is C14H15F2NO2S. The van der Waals surface area contributed by atoms with E-state index in [0.717, 1.165) is 18.2 Å². The molecule has 0 heterocycles. The first-order valence-corrected chi connectivity index (χ1v) is 7.18. The zero-order valence-electron chi connectivity index (χ0n) is 10.9. The van der Waals surface area contributed by atoms with Crippen molar-refractivity contribution in [2.75, 3.05) is 0 Å². The van der Waals surface area contributed by atoms with E-state index in [1.54, 1.807) is 6.92 Å². The minimum absolute atomic E-state index is 0.295. The van der Waals surface area contributed by atoms with E-state index >= 15 is 0 Å². The molecule has 0 saturated carbocycles. The number of benzene rings is 1. The molecule has 0 fully saturated rings. The van der Waals surface area contributed by atoms with Gasteiger partial charge in [0.1, 0.15) is 17.0 Å². The first kappa shape index (κ1) is 16.3. The molecule has 0 bridgehead atoms. The van der Waals surface area contributed by atoms with Gasteiger partial charge >= 0.3 is 0 Å².